The van der Waals surface area contributed by atoms with Crippen LogP contribution in [0.1, 0.15) is 46.4 Å². The van der Waals surface area contributed by atoms with E-state index >= 15 is 0 Å². The van der Waals surface area contributed by atoms with Gasteiger partial charge in [-0.25, -0.2) is 4.39 Å². The number of hydrogen-bond donors (Lipinski definition) is 0. The van der Waals surface area contributed by atoms with E-state index in [1.807, 2.05) is 32.3 Å². The zero-order valence-corrected chi connectivity index (χ0v) is 14.5. The maximum Gasteiger partial charge on any atom is 0.123 e. The lowest BCUT2D eigenvalue weighted by Gasteiger charge is -2.27. The molecule has 0 saturated carbocycles. The molecule has 1 aliphatic heterocycles. The van der Waals surface area contributed by atoms with Crippen LogP contribution in [-0.4, -0.2) is 19.0 Å². The number of nitriles is 1. The van der Waals surface area contributed by atoms with Crippen molar-refractivity contribution in [1.29, 1.82) is 5.26 Å². The molecule has 2 unspecified atom stereocenters. The van der Waals surface area contributed by atoms with Crippen LogP contribution in [0.5, 0.6) is 0 Å². The molecule has 3 rings (SSSR count). The van der Waals surface area contributed by atoms with Gasteiger partial charge in [0.2, 0.25) is 0 Å². The molecule has 0 aliphatic carbocycles. The smallest absolute Gasteiger partial charge is 0.123 e. The van der Waals surface area contributed by atoms with Crippen LogP contribution in [-0.2, 0) is 11.3 Å². The lowest BCUT2D eigenvalue weighted by atomic mass is 9.88. The van der Waals surface area contributed by atoms with Crippen LogP contribution in [0.15, 0.2) is 49.1 Å². The molecule has 0 amide bonds. The summed E-state index contributed by atoms with van der Waals surface area (Å²) in [7, 11) is 4.03. The van der Waals surface area contributed by atoms with E-state index in [2.05, 4.69) is 17.5 Å². The molecule has 0 N–H and O–H groups in total. The SMILES string of the molecule is C=CCC(c1cc(C#N)cc2c1C(c1ccc(F)cc1)OC2)N(C)C. The molecule has 1 aliphatic rings. The van der Waals surface area contributed by atoms with Crippen LogP contribution in [0, 0.1) is 17.1 Å². The Bertz CT molecular complexity index is 821. The average molecular weight is 336 g/mol. The molecule has 0 bridgehead atoms. The Morgan fingerprint density at radius 1 is 1.36 bits per heavy atom. The van der Waals surface area contributed by atoms with Crippen molar-refractivity contribution in [3.63, 3.8) is 0 Å². The van der Waals surface area contributed by atoms with Crippen molar-refractivity contribution in [3.8, 4) is 6.07 Å². The van der Waals surface area contributed by atoms with Crippen molar-refractivity contribution >= 4 is 0 Å². The summed E-state index contributed by atoms with van der Waals surface area (Å²) in [5.41, 5.74) is 4.74. The molecule has 25 heavy (non-hydrogen) atoms. The number of halogens is 1. The fraction of sp³-hybridized carbons (Fsp3) is 0.286. The molecule has 2 aromatic rings. The maximum atomic E-state index is 13.3. The molecule has 2 aromatic carbocycles. The van der Waals surface area contributed by atoms with Crippen LogP contribution in [0.25, 0.3) is 0 Å². The second-order valence-corrected chi connectivity index (χ2v) is 6.50. The van der Waals surface area contributed by atoms with Crippen molar-refractivity contribution in [2.75, 3.05) is 14.1 Å². The highest BCUT2D eigenvalue weighted by Crippen LogP contribution is 2.42. The van der Waals surface area contributed by atoms with Gasteiger partial charge in [0.25, 0.3) is 0 Å². The summed E-state index contributed by atoms with van der Waals surface area (Å²) in [4.78, 5) is 2.12. The fourth-order valence-electron chi connectivity index (χ4n) is 3.45. The second kappa shape index (κ2) is 7.18. The summed E-state index contributed by atoms with van der Waals surface area (Å²) in [5, 5.41) is 9.39. The molecular formula is C21H21FN2O. The Kier molecular flexibility index (Phi) is 4.98. The molecule has 0 radical (unpaired) electrons. The molecule has 3 nitrogen and oxygen atoms in total. The van der Waals surface area contributed by atoms with E-state index in [0.717, 1.165) is 28.7 Å². The van der Waals surface area contributed by atoms with E-state index in [0.29, 0.717) is 12.2 Å². The number of rotatable bonds is 5. The lowest BCUT2D eigenvalue weighted by Crippen LogP contribution is -2.21. The van der Waals surface area contributed by atoms with Gasteiger partial charge in [-0.1, -0.05) is 18.2 Å². The minimum atomic E-state index is -0.264. The topological polar surface area (TPSA) is 36.3 Å². The highest BCUT2D eigenvalue weighted by Gasteiger charge is 2.31. The van der Waals surface area contributed by atoms with Crippen LogP contribution < -0.4 is 0 Å². The van der Waals surface area contributed by atoms with Gasteiger partial charge < -0.3 is 9.64 Å². The third kappa shape index (κ3) is 3.34. The van der Waals surface area contributed by atoms with Gasteiger partial charge in [0, 0.05) is 6.04 Å². The molecule has 2 atom stereocenters. The summed E-state index contributed by atoms with van der Waals surface area (Å²) < 4.78 is 19.3. The minimum absolute atomic E-state index is 0.101. The number of nitrogens with zero attached hydrogens (tertiary/aromatic N) is 2. The van der Waals surface area contributed by atoms with E-state index < -0.39 is 0 Å². The van der Waals surface area contributed by atoms with Gasteiger partial charge in [0.1, 0.15) is 11.9 Å². The zero-order chi connectivity index (χ0) is 18.0. The van der Waals surface area contributed by atoms with Crippen molar-refractivity contribution in [1.82, 2.24) is 4.90 Å². The Morgan fingerprint density at radius 3 is 2.68 bits per heavy atom. The third-order valence-corrected chi connectivity index (χ3v) is 4.64. The van der Waals surface area contributed by atoms with Gasteiger partial charge in [-0.3, -0.25) is 0 Å². The highest BCUT2D eigenvalue weighted by atomic mass is 19.1. The lowest BCUT2D eigenvalue weighted by molar-refractivity contribution is 0.0929. The number of ether oxygens (including phenoxy) is 1. The molecule has 128 valence electrons. The van der Waals surface area contributed by atoms with Crippen LogP contribution in [0.3, 0.4) is 0 Å². The quantitative estimate of drug-likeness (QED) is 0.755. The van der Waals surface area contributed by atoms with Crippen molar-refractivity contribution in [2.45, 2.75) is 25.2 Å². The average Bonchev–Trinajstić information content (AvgIpc) is 3.03. The van der Waals surface area contributed by atoms with Gasteiger partial charge in [-0.2, -0.15) is 5.26 Å². The molecule has 0 spiro atoms. The standard InChI is InChI=1S/C21H21FN2O/c1-4-5-19(24(2)3)18-11-14(12-23)10-16-13-25-21(20(16)18)15-6-8-17(22)9-7-15/h4,6-11,19,21H,1,5,13H2,2-3H3. The Balaban J connectivity index is 2.15. The normalized spacial score (nSPS) is 17.2. The Labute approximate surface area is 148 Å². The first kappa shape index (κ1) is 17.3. The molecule has 0 saturated heterocycles. The fourth-order valence-corrected chi connectivity index (χ4v) is 3.45. The summed E-state index contributed by atoms with van der Waals surface area (Å²) in [5.74, 6) is -0.264. The van der Waals surface area contributed by atoms with Gasteiger partial charge in [0.05, 0.1) is 18.2 Å². The Morgan fingerprint density at radius 2 is 2.08 bits per heavy atom. The van der Waals surface area contributed by atoms with Gasteiger partial charge in [0.15, 0.2) is 0 Å². The van der Waals surface area contributed by atoms with Gasteiger partial charge >= 0.3 is 0 Å². The first-order valence-corrected chi connectivity index (χ1v) is 8.26. The molecule has 0 aromatic heterocycles. The van der Waals surface area contributed by atoms with Crippen LogP contribution in [0.2, 0.25) is 0 Å². The van der Waals surface area contributed by atoms with E-state index in [1.54, 1.807) is 12.1 Å². The second-order valence-electron chi connectivity index (χ2n) is 6.50. The van der Waals surface area contributed by atoms with Crippen molar-refractivity contribution in [2.24, 2.45) is 0 Å². The van der Waals surface area contributed by atoms with Crippen LogP contribution >= 0.6 is 0 Å². The van der Waals surface area contributed by atoms with Crippen molar-refractivity contribution in [3.05, 3.63) is 82.7 Å². The first-order valence-electron chi connectivity index (χ1n) is 8.26. The maximum absolute atomic E-state index is 13.3. The molecule has 1 heterocycles. The van der Waals surface area contributed by atoms with Crippen molar-refractivity contribution < 1.29 is 9.13 Å². The molecule has 0 fully saturated rings. The van der Waals surface area contributed by atoms with E-state index in [-0.39, 0.29) is 18.0 Å². The largest absolute Gasteiger partial charge is 0.364 e. The Hall–Kier alpha value is -2.48. The van der Waals surface area contributed by atoms with Crippen LogP contribution in [0.4, 0.5) is 4.39 Å². The zero-order valence-electron chi connectivity index (χ0n) is 14.5. The number of benzene rings is 2. The molecule has 4 heteroatoms. The highest BCUT2D eigenvalue weighted by molar-refractivity contribution is 5.50. The predicted molar refractivity (Wildman–Crippen MR) is 95.4 cm³/mol. The van der Waals surface area contributed by atoms with Gasteiger partial charge in [-0.15, -0.1) is 6.58 Å². The minimum Gasteiger partial charge on any atom is -0.364 e. The monoisotopic (exact) mass is 336 g/mol. The van der Waals surface area contributed by atoms with E-state index in [1.165, 1.54) is 12.1 Å². The first-order chi connectivity index (χ1) is 12.0. The summed E-state index contributed by atoms with van der Waals surface area (Å²) >= 11 is 0. The summed E-state index contributed by atoms with van der Waals surface area (Å²) in [6.45, 7) is 4.32. The summed E-state index contributed by atoms with van der Waals surface area (Å²) in [6, 6.07) is 12.6. The number of hydrogen-bond acceptors (Lipinski definition) is 3. The van der Waals surface area contributed by atoms with Gasteiger partial charge in [-0.05, 0) is 67.0 Å². The van der Waals surface area contributed by atoms with E-state index in [4.69, 9.17) is 4.74 Å². The third-order valence-electron chi connectivity index (χ3n) is 4.64. The summed E-state index contributed by atoms with van der Waals surface area (Å²) in [6.07, 6.45) is 2.41. The van der Waals surface area contributed by atoms with E-state index in [9.17, 15) is 9.65 Å². The number of fused-ring (bicyclic) bond motifs is 1. The molecular weight excluding hydrogens is 315 g/mol. The predicted octanol–water partition coefficient (Wildman–Crippen LogP) is 4.50.